The van der Waals surface area contributed by atoms with E-state index < -0.39 is 5.76 Å². The average Bonchev–Trinajstić information content (AvgIpc) is 3.11. The second-order valence-corrected chi connectivity index (χ2v) is 6.04. The van der Waals surface area contributed by atoms with Gasteiger partial charge in [-0.25, -0.2) is 4.79 Å². The molecule has 6 heteroatoms. The lowest BCUT2D eigenvalue weighted by Crippen LogP contribution is -2.33. The smallest absolute Gasteiger partial charge is 0.408 e. The maximum atomic E-state index is 12.7. The zero-order valence-corrected chi connectivity index (χ0v) is 13.2. The molecule has 1 aliphatic rings. The summed E-state index contributed by atoms with van der Waals surface area (Å²) in [6.07, 6.45) is 0.729. The number of aryl methyl sites for hydroxylation is 1. The number of oxazole rings is 1. The molecule has 1 atom stereocenters. The molecule has 6 nitrogen and oxygen atoms in total. The normalized spacial score (nSPS) is 17.6. The highest BCUT2D eigenvalue weighted by molar-refractivity contribution is 6.01. The molecule has 2 aromatic carbocycles. The van der Waals surface area contributed by atoms with Crippen molar-refractivity contribution >= 4 is 28.4 Å². The summed E-state index contributed by atoms with van der Waals surface area (Å²) < 4.78 is 4.98. The van der Waals surface area contributed by atoms with E-state index in [1.807, 2.05) is 31.2 Å². The number of aromatic nitrogens is 1. The Morgan fingerprint density at radius 1 is 1.17 bits per heavy atom. The number of amides is 1. The zero-order chi connectivity index (χ0) is 16.7. The molecule has 1 fully saturated rings. The highest BCUT2D eigenvalue weighted by atomic mass is 16.4. The first kappa shape index (κ1) is 14.6. The molecule has 0 spiro atoms. The van der Waals surface area contributed by atoms with Gasteiger partial charge in [0.15, 0.2) is 5.58 Å². The minimum atomic E-state index is -0.482. The van der Waals surface area contributed by atoms with Gasteiger partial charge in [0.25, 0.3) is 0 Å². The molecule has 0 bridgehead atoms. The number of nitrogens with one attached hydrogen (secondary N) is 2. The fourth-order valence-electron chi connectivity index (χ4n) is 3.04. The predicted octanol–water partition coefficient (Wildman–Crippen LogP) is 2.65. The van der Waals surface area contributed by atoms with E-state index >= 15 is 0 Å². The molecule has 24 heavy (non-hydrogen) atoms. The number of hydrogen-bond donors (Lipinski definition) is 2. The van der Waals surface area contributed by atoms with E-state index in [2.05, 4.69) is 10.3 Å². The standard InChI is InChI=1S/C18H17N3O3/c1-11-2-5-13(6-3-11)21-9-8-14(17(21)22)19-12-4-7-16-15(10-12)20-18(23)24-16/h2-7,10,14,19H,8-9H2,1H3,(H,20,23). The van der Waals surface area contributed by atoms with Crippen molar-refractivity contribution in [1.82, 2.24) is 4.98 Å². The number of nitrogens with zero attached hydrogens (tertiary/aromatic N) is 1. The minimum absolute atomic E-state index is 0.0552. The fraction of sp³-hybridized carbons (Fsp3) is 0.222. The topological polar surface area (TPSA) is 78.3 Å². The number of carbonyl (C=O) groups excluding carboxylic acids is 1. The molecular formula is C18H17N3O3. The fourth-order valence-corrected chi connectivity index (χ4v) is 3.04. The van der Waals surface area contributed by atoms with Crippen molar-refractivity contribution in [2.24, 2.45) is 0 Å². The van der Waals surface area contributed by atoms with Gasteiger partial charge in [-0.3, -0.25) is 9.78 Å². The Labute approximate surface area is 138 Å². The third-order valence-electron chi connectivity index (χ3n) is 4.31. The molecule has 122 valence electrons. The van der Waals surface area contributed by atoms with Crippen LogP contribution < -0.4 is 16.0 Å². The van der Waals surface area contributed by atoms with E-state index in [9.17, 15) is 9.59 Å². The molecule has 1 amide bonds. The maximum absolute atomic E-state index is 12.7. The van der Waals surface area contributed by atoms with Crippen LogP contribution in [-0.2, 0) is 4.79 Å². The lowest BCUT2D eigenvalue weighted by Gasteiger charge is -2.18. The summed E-state index contributed by atoms with van der Waals surface area (Å²) in [5, 5.41) is 3.25. The van der Waals surface area contributed by atoms with Crippen molar-refractivity contribution in [3.05, 3.63) is 58.6 Å². The van der Waals surface area contributed by atoms with Crippen LogP contribution in [0.15, 0.2) is 51.7 Å². The number of carbonyl (C=O) groups is 1. The first-order valence-electron chi connectivity index (χ1n) is 7.87. The Hall–Kier alpha value is -3.02. The number of benzene rings is 2. The first-order chi connectivity index (χ1) is 11.6. The van der Waals surface area contributed by atoms with E-state index in [1.165, 1.54) is 5.56 Å². The molecule has 2 heterocycles. The van der Waals surface area contributed by atoms with Crippen LogP contribution in [0.5, 0.6) is 0 Å². The summed E-state index contributed by atoms with van der Waals surface area (Å²) in [6, 6.07) is 13.0. The van der Waals surface area contributed by atoms with Gasteiger partial charge in [0.05, 0.1) is 5.52 Å². The molecule has 1 unspecified atom stereocenters. The zero-order valence-electron chi connectivity index (χ0n) is 13.2. The third-order valence-corrected chi connectivity index (χ3v) is 4.31. The molecule has 2 N–H and O–H groups in total. The van der Waals surface area contributed by atoms with E-state index in [1.54, 1.807) is 23.1 Å². The minimum Gasteiger partial charge on any atom is -0.408 e. The quantitative estimate of drug-likeness (QED) is 0.777. The van der Waals surface area contributed by atoms with Crippen molar-refractivity contribution in [3.8, 4) is 0 Å². The Morgan fingerprint density at radius 3 is 2.75 bits per heavy atom. The van der Waals surface area contributed by atoms with Crippen molar-refractivity contribution in [2.75, 3.05) is 16.8 Å². The average molecular weight is 323 g/mol. The third kappa shape index (κ3) is 2.56. The Balaban J connectivity index is 1.53. The molecule has 0 saturated carbocycles. The number of aromatic amines is 1. The molecule has 0 radical (unpaired) electrons. The monoisotopic (exact) mass is 323 g/mol. The lowest BCUT2D eigenvalue weighted by atomic mass is 10.2. The van der Waals surface area contributed by atoms with Gasteiger partial charge in [0, 0.05) is 17.9 Å². The number of hydrogen-bond acceptors (Lipinski definition) is 4. The summed E-state index contributed by atoms with van der Waals surface area (Å²) in [7, 11) is 0. The Bertz CT molecular complexity index is 956. The van der Waals surface area contributed by atoms with Crippen LogP contribution in [0.4, 0.5) is 11.4 Å². The van der Waals surface area contributed by atoms with Gasteiger partial charge in [-0.2, -0.15) is 0 Å². The van der Waals surface area contributed by atoms with E-state index in [0.29, 0.717) is 17.6 Å². The van der Waals surface area contributed by atoms with Crippen LogP contribution in [0, 0.1) is 6.92 Å². The molecule has 1 aliphatic heterocycles. The predicted molar refractivity (Wildman–Crippen MR) is 92.4 cm³/mol. The van der Waals surface area contributed by atoms with Crippen LogP contribution in [0.3, 0.4) is 0 Å². The van der Waals surface area contributed by atoms with Gasteiger partial charge < -0.3 is 14.6 Å². The summed E-state index contributed by atoms with van der Waals surface area (Å²) in [5.41, 5.74) is 3.99. The van der Waals surface area contributed by atoms with E-state index in [-0.39, 0.29) is 11.9 Å². The van der Waals surface area contributed by atoms with Crippen molar-refractivity contribution in [1.29, 1.82) is 0 Å². The van der Waals surface area contributed by atoms with Gasteiger partial charge in [-0.1, -0.05) is 17.7 Å². The molecule has 3 aromatic rings. The summed E-state index contributed by atoms with van der Waals surface area (Å²) in [4.78, 5) is 28.3. The lowest BCUT2D eigenvalue weighted by molar-refractivity contribution is -0.117. The number of anilines is 2. The molecular weight excluding hydrogens is 306 g/mol. The van der Waals surface area contributed by atoms with Gasteiger partial charge in [0.2, 0.25) is 5.91 Å². The van der Waals surface area contributed by atoms with Crippen molar-refractivity contribution in [3.63, 3.8) is 0 Å². The maximum Gasteiger partial charge on any atom is 0.417 e. The van der Waals surface area contributed by atoms with Gasteiger partial charge in [-0.15, -0.1) is 0 Å². The molecule has 4 rings (SSSR count). The number of fused-ring (bicyclic) bond motifs is 1. The molecule has 1 aromatic heterocycles. The van der Waals surface area contributed by atoms with Crippen LogP contribution >= 0.6 is 0 Å². The summed E-state index contributed by atoms with van der Waals surface area (Å²) >= 11 is 0. The summed E-state index contributed by atoms with van der Waals surface area (Å²) in [6.45, 7) is 2.71. The van der Waals surface area contributed by atoms with E-state index in [4.69, 9.17) is 4.42 Å². The second-order valence-electron chi connectivity index (χ2n) is 6.04. The second kappa shape index (κ2) is 5.56. The van der Waals surface area contributed by atoms with Crippen molar-refractivity contribution in [2.45, 2.75) is 19.4 Å². The highest BCUT2D eigenvalue weighted by Gasteiger charge is 2.32. The molecule has 1 saturated heterocycles. The highest BCUT2D eigenvalue weighted by Crippen LogP contribution is 2.25. The van der Waals surface area contributed by atoms with Crippen LogP contribution in [0.2, 0.25) is 0 Å². The first-order valence-corrected chi connectivity index (χ1v) is 7.87. The van der Waals surface area contributed by atoms with Gasteiger partial charge >= 0.3 is 5.76 Å². The Kier molecular flexibility index (Phi) is 3.37. The number of rotatable bonds is 3. The van der Waals surface area contributed by atoms with Gasteiger partial charge in [0.1, 0.15) is 6.04 Å². The summed E-state index contributed by atoms with van der Waals surface area (Å²) in [5.74, 6) is -0.427. The van der Waals surface area contributed by atoms with Crippen molar-refractivity contribution < 1.29 is 9.21 Å². The van der Waals surface area contributed by atoms with Gasteiger partial charge in [-0.05, 0) is 43.7 Å². The van der Waals surface area contributed by atoms with Crippen LogP contribution in [0.1, 0.15) is 12.0 Å². The van der Waals surface area contributed by atoms with Crippen LogP contribution in [-0.4, -0.2) is 23.5 Å². The Morgan fingerprint density at radius 2 is 1.96 bits per heavy atom. The van der Waals surface area contributed by atoms with E-state index in [0.717, 1.165) is 17.8 Å². The molecule has 0 aliphatic carbocycles. The largest absolute Gasteiger partial charge is 0.417 e. The SMILES string of the molecule is Cc1ccc(N2CCC(Nc3ccc4oc(=O)[nH]c4c3)C2=O)cc1. The van der Waals surface area contributed by atoms with Crippen LogP contribution in [0.25, 0.3) is 11.1 Å². The number of H-pyrrole nitrogens is 1.